The van der Waals surface area contributed by atoms with Crippen molar-refractivity contribution in [1.82, 2.24) is 15.0 Å². The van der Waals surface area contributed by atoms with Crippen LogP contribution in [0.3, 0.4) is 0 Å². The van der Waals surface area contributed by atoms with Crippen LogP contribution in [0.4, 0.5) is 34.1 Å². The Morgan fingerprint density at radius 3 is 0.821 bits per heavy atom. The molecule has 0 spiro atoms. The van der Waals surface area contributed by atoms with Gasteiger partial charge in [0.25, 0.3) is 0 Å². The lowest BCUT2D eigenvalue weighted by atomic mass is 9.80. The Balaban J connectivity index is 0.742. The van der Waals surface area contributed by atoms with Crippen LogP contribution < -0.4 is 9.80 Å². The van der Waals surface area contributed by atoms with Crippen molar-refractivity contribution in [2.24, 2.45) is 7.05 Å². The number of anilines is 6. The quantitative estimate of drug-likeness (QED) is 0.137. The summed E-state index contributed by atoms with van der Waals surface area (Å²) in [7, 11) is 1.93. The molecular formula is C73H57N5. The van der Waals surface area contributed by atoms with Crippen LogP contribution in [0.15, 0.2) is 255 Å². The van der Waals surface area contributed by atoms with E-state index in [4.69, 9.17) is 10.2 Å². The van der Waals surface area contributed by atoms with Gasteiger partial charge in [-0.3, -0.25) is 0 Å². The standard InChI is InChI=1S/C73H57N5/c1-72(2)66-44-50(48-26-34-58(35-27-48)77(54-18-10-6-11-19-54)55-20-12-7-13-21-55)30-38-62(66)64-40-32-52(46-68(64)72)60-42-43-61(71-70(60)74-76(5)75-71)53-33-41-65-63-39-31-51(45-67(63)73(3,4)69(65)47-53)49-28-36-59(37-29-49)78(56-22-14-8-15-23-56)57-24-16-9-17-25-57/h6-47H,1-5H3. The molecule has 0 amide bonds. The number of nitrogens with zero attached hydrogens (tertiary/aromatic N) is 5. The fourth-order valence-electron chi connectivity index (χ4n) is 12.5. The Kier molecular flexibility index (Phi) is 11.0. The Labute approximate surface area is 457 Å². The first-order chi connectivity index (χ1) is 38.1. The largest absolute Gasteiger partial charge is 0.311 e. The van der Waals surface area contributed by atoms with Crippen molar-refractivity contribution in [2.45, 2.75) is 38.5 Å². The fourth-order valence-corrected chi connectivity index (χ4v) is 12.5. The zero-order valence-electron chi connectivity index (χ0n) is 44.5. The monoisotopic (exact) mass is 1000 g/mol. The second-order valence-corrected chi connectivity index (χ2v) is 21.9. The van der Waals surface area contributed by atoms with E-state index in [1.807, 2.05) is 7.05 Å². The average molecular weight is 1000 g/mol. The minimum atomic E-state index is -0.220. The van der Waals surface area contributed by atoms with Crippen LogP contribution in [0.25, 0.3) is 77.8 Å². The molecule has 14 rings (SSSR count). The van der Waals surface area contributed by atoms with E-state index in [1.165, 1.54) is 66.8 Å². The van der Waals surface area contributed by atoms with Gasteiger partial charge in [-0.15, -0.1) is 0 Å². The van der Waals surface area contributed by atoms with Gasteiger partial charge < -0.3 is 9.80 Å². The third kappa shape index (κ3) is 7.76. The molecule has 0 bridgehead atoms. The number of fused-ring (bicyclic) bond motifs is 7. The van der Waals surface area contributed by atoms with Gasteiger partial charge in [0.2, 0.25) is 0 Å². The molecule has 0 saturated carbocycles. The normalized spacial score (nSPS) is 13.4. The number of rotatable bonds is 10. The molecule has 0 radical (unpaired) electrons. The molecule has 0 N–H and O–H groups in total. The van der Waals surface area contributed by atoms with Crippen LogP contribution in [0.2, 0.25) is 0 Å². The first kappa shape index (κ1) is 46.9. The minimum absolute atomic E-state index is 0.220. The maximum absolute atomic E-state index is 5.06. The number of benzene rings is 11. The topological polar surface area (TPSA) is 37.2 Å². The summed E-state index contributed by atoms with van der Waals surface area (Å²) < 4.78 is 0. The molecule has 0 atom stereocenters. The number of aryl methyl sites for hydroxylation is 1. The summed E-state index contributed by atoms with van der Waals surface area (Å²) >= 11 is 0. The van der Waals surface area contributed by atoms with Gasteiger partial charge >= 0.3 is 0 Å². The maximum Gasteiger partial charge on any atom is 0.121 e. The maximum atomic E-state index is 5.06. The zero-order chi connectivity index (χ0) is 52.7. The Morgan fingerprint density at radius 1 is 0.269 bits per heavy atom. The van der Waals surface area contributed by atoms with Crippen molar-refractivity contribution in [1.29, 1.82) is 0 Å². The summed E-state index contributed by atoms with van der Waals surface area (Å²) in [5.74, 6) is 0. The molecule has 2 aliphatic rings. The molecule has 1 aromatic heterocycles. The Bertz CT molecular complexity index is 3880. The Morgan fingerprint density at radius 2 is 0.513 bits per heavy atom. The van der Waals surface area contributed by atoms with E-state index in [1.54, 1.807) is 4.80 Å². The van der Waals surface area contributed by atoms with Crippen LogP contribution in [0.5, 0.6) is 0 Å². The van der Waals surface area contributed by atoms with E-state index in [2.05, 4.69) is 292 Å². The van der Waals surface area contributed by atoms with Gasteiger partial charge in [-0.1, -0.05) is 185 Å². The highest BCUT2D eigenvalue weighted by Crippen LogP contribution is 2.53. The van der Waals surface area contributed by atoms with Gasteiger partial charge in [-0.25, -0.2) is 0 Å². The summed E-state index contributed by atoms with van der Waals surface area (Å²) in [4.78, 5) is 6.34. The molecule has 0 saturated heterocycles. The molecular weight excluding hydrogens is 947 g/mol. The summed E-state index contributed by atoms with van der Waals surface area (Å²) in [6.45, 7) is 9.47. The lowest BCUT2D eigenvalue weighted by Crippen LogP contribution is -2.15. The van der Waals surface area contributed by atoms with Gasteiger partial charge in [0, 0.05) is 63.1 Å². The minimum Gasteiger partial charge on any atom is -0.311 e. The molecule has 374 valence electrons. The SMILES string of the molecule is Cn1nc2c(-c3ccc4c(c3)C(C)(C)c3cc(-c5ccc(N(c6ccccc6)c6ccccc6)cc5)ccc3-4)ccc(-c3ccc4c(c3)C(C)(C)c3cc(-c5ccc(N(c6ccccc6)c6ccccc6)cc5)ccc3-4)c2n1. The second kappa shape index (κ2) is 18.3. The lowest BCUT2D eigenvalue weighted by molar-refractivity contribution is 0.660. The van der Waals surface area contributed by atoms with Gasteiger partial charge in [-0.2, -0.15) is 15.0 Å². The van der Waals surface area contributed by atoms with Crippen molar-refractivity contribution in [3.8, 4) is 66.8 Å². The molecule has 12 aromatic rings. The van der Waals surface area contributed by atoms with Gasteiger partial charge in [0.1, 0.15) is 11.0 Å². The first-order valence-electron chi connectivity index (χ1n) is 27.0. The van der Waals surface area contributed by atoms with E-state index in [0.29, 0.717) is 0 Å². The number of para-hydroxylation sites is 4. The summed E-state index contributed by atoms with van der Waals surface area (Å²) in [6, 6.07) is 92.8. The molecule has 2 aliphatic carbocycles. The smallest absolute Gasteiger partial charge is 0.121 e. The Hall–Kier alpha value is -9.58. The van der Waals surface area contributed by atoms with Crippen LogP contribution in [0.1, 0.15) is 49.9 Å². The van der Waals surface area contributed by atoms with E-state index in [-0.39, 0.29) is 10.8 Å². The van der Waals surface area contributed by atoms with Crippen LogP contribution in [-0.2, 0) is 17.9 Å². The highest BCUT2D eigenvalue weighted by molar-refractivity contribution is 6.02. The van der Waals surface area contributed by atoms with Crippen LogP contribution >= 0.6 is 0 Å². The first-order valence-corrected chi connectivity index (χ1v) is 27.0. The summed E-state index contributed by atoms with van der Waals surface area (Å²) in [5, 5.41) is 10.1. The second-order valence-electron chi connectivity index (χ2n) is 21.9. The van der Waals surface area contributed by atoms with Gasteiger partial charge in [0.05, 0.1) is 0 Å². The van der Waals surface area contributed by atoms with Crippen molar-refractivity contribution in [3.63, 3.8) is 0 Å². The van der Waals surface area contributed by atoms with Crippen molar-refractivity contribution in [2.75, 3.05) is 9.80 Å². The van der Waals surface area contributed by atoms with Crippen molar-refractivity contribution < 1.29 is 0 Å². The van der Waals surface area contributed by atoms with E-state index >= 15 is 0 Å². The predicted octanol–water partition coefficient (Wildman–Crippen LogP) is 19.2. The molecule has 78 heavy (non-hydrogen) atoms. The van der Waals surface area contributed by atoms with E-state index < -0.39 is 0 Å². The fraction of sp³-hybridized carbons (Fsp3) is 0.0959. The highest BCUT2D eigenvalue weighted by Gasteiger charge is 2.38. The predicted molar refractivity (Wildman–Crippen MR) is 325 cm³/mol. The number of hydrogen-bond acceptors (Lipinski definition) is 4. The molecule has 5 nitrogen and oxygen atoms in total. The zero-order valence-corrected chi connectivity index (χ0v) is 44.5. The molecule has 0 aliphatic heterocycles. The molecule has 11 aromatic carbocycles. The highest BCUT2D eigenvalue weighted by atomic mass is 15.4. The lowest BCUT2D eigenvalue weighted by Gasteiger charge is -2.25. The number of hydrogen-bond donors (Lipinski definition) is 0. The number of aromatic nitrogens is 3. The van der Waals surface area contributed by atoms with Crippen LogP contribution in [-0.4, -0.2) is 15.0 Å². The summed E-state index contributed by atoms with van der Waals surface area (Å²) in [5.41, 5.74) is 27.9. The molecule has 0 fully saturated rings. The molecule has 1 heterocycles. The summed E-state index contributed by atoms with van der Waals surface area (Å²) in [6.07, 6.45) is 0. The van der Waals surface area contributed by atoms with Gasteiger partial charge in [0.15, 0.2) is 0 Å². The molecule has 0 unspecified atom stereocenters. The van der Waals surface area contributed by atoms with Crippen molar-refractivity contribution in [3.05, 3.63) is 277 Å². The van der Waals surface area contributed by atoms with Gasteiger partial charge in [-0.05, 0) is 175 Å². The van der Waals surface area contributed by atoms with E-state index in [9.17, 15) is 0 Å². The van der Waals surface area contributed by atoms with Crippen LogP contribution in [0, 0.1) is 0 Å². The molecule has 5 heteroatoms. The van der Waals surface area contributed by atoms with E-state index in [0.717, 1.165) is 67.4 Å². The third-order valence-electron chi connectivity index (χ3n) is 16.6. The third-order valence-corrected chi connectivity index (χ3v) is 16.6. The van der Waals surface area contributed by atoms with Crippen molar-refractivity contribution >= 4 is 45.2 Å². The average Bonchev–Trinajstić information content (AvgIpc) is 4.29.